The van der Waals surface area contributed by atoms with Gasteiger partial charge in [0.25, 0.3) is 0 Å². The maximum atomic E-state index is 12.3. The Hall–Kier alpha value is -2.52. The summed E-state index contributed by atoms with van der Waals surface area (Å²) in [4.78, 5) is 12.3. The maximum absolute atomic E-state index is 12.3. The van der Waals surface area contributed by atoms with Crippen LogP contribution in [0.2, 0.25) is 5.02 Å². The van der Waals surface area contributed by atoms with E-state index >= 15 is 0 Å². The summed E-state index contributed by atoms with van der Waals surface area (Å²) in [6, 6.07) is 17.0. The van der Waals surface area contributed by atoms with Gasteiger partial charge in [0.15, 0.2) is 0 Å². The molecule has 0 saturated heterocycles. The molecule has 1 amide bonds. The highest BCUT2D eigenvalue weighted by Gasteiger charge is 2.33. The van der Waals surface area contributed by atoms with E-state index in [9.17, 15) is 4.79 Å². The van der Waals surface area contributed by atoms with Crippen molar-refractivity contribution in [2.45, 2.75) is 39.7 Å². The molecular formula is C24H26ClNO2. The molecule has 1 aliphatic carbocycles. The van der Waals surface area contributed by atoms with E-state index in [0.717, 1.165) is 29.9 Å². The Kier molecular flexibility index (Phi) is 6.25. The summed E-state index contributed by atoms with van der Waals surface area (Å²) in [5.74, 6) is 0.708. The summed E-state index contributed by atoms with van der Waals surface area (Å²) in [5, 5.41) is 3.51. The number of para-hydroxylation sites is 1. The third-order valence-electron chi connectivity index (χ3n) is 5.20. The normalized spacial score (nSPS) is 18.9. The minimum atomic E-state index is -0.162. The van der Waals surface area contributed by atoms with Crippen molar-refractivity contribution in [3.05, 3.63) is 82.9 Å². The lowest BCUT2D eigenvalue weighted by Gasteiger charge is -2.37. The SMILES string of the molecule is CC1=C(C=CC(=O)Nc2ccc(Cl)cc2)C(C)(C)CCC1Oc1ccccc1. The predicted molar refractivity (Wildman–Crippen MR) is 116 cm³/mol. The van der Waals surface area contributed by atoms with Crippen LogP contribution in [-0.2, 0) is 4.79 Å². The van der Waals surface area contributed by atoms with Gasteiger partial charge >= 0.3 is 0 Å². The van der Waals surface area contributed by atoms with Gasteiger partial charge in [0, 0.05) is 16.8 Å². The fraction of sp³-hybridized carbons (Fsp3) is 0.292. The van der Waals surface area contributed by atoms with E-state index in [2.05, 4.69) is 26.1 Å². The van der Waals surface area contributed by atoms with Crippen LogP contribution in [0.15, 0.2) is 77.9 Å². The lowest BCUT2D eigenvalue weighted by atomic mass is 9.71. The number of ether oxygens (including phenoxy) is 1. The highest BCUT2D eigenvalue weighted by atomic mass is 35.5. The molecule has 0 saturated carbocycles. The molecule has 0 bridgehead atoms. The smallest absolute Gasteiger partial charge is 0.248 e. The second-order valence-corrected chi connectivity index (χ2v) is 8.20. The van der Waals surface area contributed by atoms with Crippen molar-refractivity contribution in [3.63, 3.8) is 0 Å². The van der Waals surface area contributed by atoms with Gasteiger partial charge in [-0.05, 0) is 72.7 Å². The van der Waals surface area contributed by atoms with Crippen LogP contribution in [-0.4, -0.2) is 12.0 Å². The summed E-state index contributed by atoms with van der Waals surface area (Å²) in [7, 11) is 0. The number of benzene rings is 2. The largest absolute Gasteiger partial charge is 0.486 e. The van der Waals surface area contributed by atoms with Gasteiger partial charge in [-0.15, -0.1) is 0 Å². The highest BCUT2D eigenvalue weighted by molar-refractivity contribution is 6.30. The molecular weight excluding hydrogens is 370 g/mol. The zero-order valence-corrected chi connectivity index (χ0v) is 17.3. The Bertz CT molecular complexity index is 883. The van der Waals surface area contributed by atoms with Crippen LogP contribution < -0.4 is 10.1 Å². The second-order valence-electron chi connectivity index (χ2n) is 7.77. The van der Waals surface area contributed by atoms with E-state index in [1.54, 1.807) is 30.3 Å². The van der Waals surface area contributed by atoms with E-state index < -0.39 is 0 Å². The average Bonchev–Trinajstić information content (AvgIpc) is 2.66. The minimum absolute atomic E-state index is 0.00230. The molecule has 1 atom stereocenters. The Balaban J connectivity index is 1.76. The van der Waals surface area contributed by atoms with Gasteiger partial charge < -0.3 is 10.1 Å². The monoisotopic (exact) mass is 395 g/mol. The summed E-state index contributed by atoms with van der Waals surface area (Å²) in [5.41, 5.74) is 3.05. The van der Waals surface area contributed by atoms with Crippen molar-refractivity contribution in [1.82, 2.24) is 0 Å². The summed E-state index contributed by atoms with van der Waals surface area (Å²) in [6.07, 6.45) is 5.51. The summed E-state index contributed by atoms with van der Waals surface area (Å²) >= 11 is 5.89. The van der Waals surface area contributed by atoms with Crippen LogP contribution >= 0.6 is 11.6 Å². The van der Waals surface area contributed by atoms with Gasteiger partial charge in [0.2, 0.25) is 5.91 Å². The molecule has 1 aliphatic rings. The third kappa shape index (κ3) is 5.05. The molecule has 1 N–H and O–H groups in total. The van der Waals surface area contributed by atoms with Crippen LogP contribution in [0.1, 0.15) is 33.6 Å². The van der Waals surface area contributed by atoms with Crippen LogP contribution in [0.25, 0.3) is 0 Å². The fourth-order valence-corrected chi connectivity index (χ4v) is 3.72. The quantitative estimate of drug-likeness (QED) is 0.593. The van der Waals surface area contributed by atoms with Gasteiger partial charge in [0.1, 0.15) is 11.9 Å². The molecule has 0 heterocycles. The number of allylic oxidation sites excluding steroid dienone is 2. The first-order valence-corrected chi connectivity index (χ1v) is 9.90. The number of rotatable bonds is 5. The van der Waals surface area contributed by atoms with Gasteiger partial charge in [-0.1, -0.05) is 49.7 Å². The number of hydrogen-bond donors (Lipinski definition) is 1. The van der Waals surface area contributed by atoms with Crippen LogP contribution in [0, 0.1) is 5.41 Å². The number of hydrogen-bond acceptors (Lipinski definition) is 2. The lowest BCUT2D eigenvalue weighted by molar-refractivity contribution is -0.111. The minimum Gasteiger partial charge on any atom is -0.486 e. The first kappa shape index (κ1) is 20.2. The van der Waals surface area contributed by atoms with Crippen molar-refractivity contribution >= 4 is 23.2 Å². The van der Waals surface area contributed by atoms with Gasteiger partial charge in [-0.25, -0.2) is 0 Å². The molecule has 0 radical (unpaired) electrons. The zero-order valence-electron chi connectivity index (χ0n) is 16.5. The predicted octanol–water partition coefficient (Wildman–Crippen LogP) is 6.42. The van der Waals surface area contributed by atoms with Crippen molar-refractivity contribution < 1.29 is 9.53 Å². The van der Waals surface area contributed by atoms with Crippen molar-refractivity contribution in [2.24, 2.45) is 5.41 Å². The van der Waals surface area contributed by atoms with E-state index in [-0.39, 0.29) is 17.4 Å². The standard InChI is InChI=1S/C24H26ClNO2/c1-17-21(13-14-23(27)26-19-11-9-18(25)10-12-19)24(2,3)16-15-22(17)28-20-7-5-4-6-8-20/h4-14,22H,15-16H2,1-3H3,(H,26,27). The summed E-state index contributed by atoms with van der Waals surface area (Å²) < 4.78 is 6.20. The molecule has 3 rings (SSSR count). The van der Waals surface area contributed by atoms with E-state index in [1.807, 2.05) is 36.4 Å². The molecule has 0 aromatic heterocycles. The van der Waals surface area contributed by atoms with E-state index in [4.69, 9.17) is 16.3 Å². The maximum Gasteiger partial charge on any atom is 0.248 e. The number of amides is 1. The van der Waals surface area contributed by atoms with Gasteiger partial charge in [-0.2, -0.15) is 0 Å². The second kappa shape index (κ2) is 8.66. The van der Waals surface area contributed by atoms with Crippen molar-refractivity contribution in [1.29, 1.82) is 0 Å². The van der Waals surface area contributed by atoms with Gasteiger partial charge in [-0.3, -0.25) is 4.79 Å². The number of nitrogens with one attached hydrogen (secondary N) is 1. The Labute approximate surface area is 172 Å². The average molecular weight is 396 g/mol. The fourth-order valence-electron chi connectivity index (χ4n) is 3.59. The van der Waals surface area contributed by atoms with E-state index in [0.29, 0.717) is 5.02 Å². The molecule has 0 spiro atoms. The molecule has 3 nitrogen and oxygen atoms in total. The zero-order chi connectivity index (χ0) is 20.1. The molecule has 2 aromatic carbocycles. The number of carbonyl (C=O) groups is 1. The topological polar surface area (TPSA) is 38.3 Å². The van der Waals surface area contributed by atoms with Crippen LogP contribution in [0.3, 0.4) is 0 Å². The first-order chi connectivity index (χ1) is 13.3. The summed E-state index contributed by atoms with van der Waals surface area (Å²) in [6.45, 7) is 6.53. The van der Waals surface area contributed by atoms with Crippen molar-refractivity contribution in [3.8, 4) is 5.75 Å². The highest BCUT2D eigenvalue weighted by Crippen LogP contribution is 2.42. The molecule has 4 heteroatoms. The Morgan fingerprint density at radius 2 is 1.82 bits per heavy atom. The molecule has 28 heavy (non-hydrogen) atoms. The Morgan fingerprint density at radius 1 is 1.14 bits per heavy atom. The van der Waals surface area contributed by atoms with Crippen molar-refractivity contribution in [2.75, 3.05) is 5.32 Å². The Morgan fingerprint density at radius 3 is 2.50 bits per heavy atom. The molecule has 2 aromatic rings. The number of carbonyl (C=O) groups excluding carboxylic acids is 1. The van der Waals surface area contributed by atoms with Gasteiger partial charge in [0.05, 0.1) is 0 Å². The lowest BCUT2D eigenvalue weighted by Crippen LogP contribution is -2.31. The number of halogens is 1. The number of anilines is 1. The van der Waals surface area contributed by atoms with Crippen LogP contribution in [0.5, 0.6) is 5.75 Å². The first-order valence-electron chi connectivity index (χ1n) is 9.53. The third-order valence-corrected chi connectivity index (χ3v) is 5.46. The molecule has 1 unspecified atom stereocenters. The molecule has 0 fully saturated rings. The molecule has 146 valence electrons. The van der Waals surface area contributed by atoms with Crippen LogP contribution in [0.4, 0.5) is 5.69 Å². The van der Waals surface area contributed by atoms with E-state index in [1.165, 1.54) is 5.57 Å². The molecule has 0 aliphatic heterocycles.